The molecule has 7 N–H and O–H groups in total. The lowest BCUT2D eigenvalue weighted by atomic mass is 10.2. The summed E-state index contributed by atoms with van der Waals surface area (Å²) in [5, 5.41) is 2.67. The summed E-state index contributed by atoms with van der Waals surface area (Å²) in [5.41, 5.74) is 1.21. The molecule has 18 heteroatoms. The van der Waals surface area contributed by atoms with Crippen molar-refractivity contribution in [1.82, 2.24) is 10.9 Å². The number of halogens is 1. The van der Waals surface area contributed by atoms with Gasteiger partial charge in [0.1, 0.15) is 0 Å². The lowest BCUT2D eigenvalue weighted by molar-refractivity contribution is 0.0794. The van der Waals surface area contributed by atoms with Crippen molar-refractivity contribution in [2.45, 2.75) is 0 Å². The minimum atomic E-state index is -4.82. The number of nitrogens with one attached hydrogen (secondary N) is 2. The highest BCUT2D eigenvalue weighted by molar-refractivity contribution is 7.47. The fourth-order valence-electron chi connectivity index (χ4n) is 1.57. The average Bonchev–Trinajstić information content (AvgIpc) is 2.51. The molecule has 27 heavy (non-hydrogen) atoms. The summed E-state index contributed by atoms with van der Waals surface area (Å²) < 4.78 is 63.1. The van der Waals surface area contributed by atoms with Crippen LogP contribution in [0.15, 0.2) is 0 Å². The first-order chi connectivity index (χ1) is 12.3. The summed E-state index contributed by atoms with van der Waals surface area (Å²) in [5.74, 6) is -1.74. The normalized spacial score (nSPS) is 17.4. The molecular formula is C9H24FN2O12P3. The maximum absolute atomic E-state index is 12.2. The Hall–Kier alpha value is 0.180. The van der Waals surface area contributed by atoms with E-state index < -0.39 is 68.3 Å². The van der Waals surface area contributed by atoms with Gasteiger partial charge in [-0.05, 0) is 7.05 Å². The van der Waals surface area contributed by atoms with E-state index in [4.69, 9.17) is 24.1 Å². The second-order valence-corrected chi connectivity index (χ2v) is 9.19. The monoisotopic (exact) mass is 464 g/mol. The number of hydrogen-bond donors (Lipinski definition) is 7. The van der Waals surface area contributed by atoms with Crippen molar-refractivity contribution < 1.29 is 60.7 Å². The molecule has 0 aromatic rings. The minimum absolute atomic E-state index is 0.129. The molecule has 0 aromatic heterocycles. The Labute approximate surface area is 154 Å². The van der Waals surface area contributed by atoms with Gasteiger partial charge in [-0.1, -0.05) is 0 Å². The standard InChI is InChI=1S/C9H24FN2O12P3/c1-11-2-8(4-21-25(13,14)15)6-23-27(19,20)24-7-9(3-12-10)5-22-26(16,17)18/h8-9,11-12H,2-7H2,1H3,(H,19,20)(H2,13,14,15)(H2,16,17,18). The van der Waals surface area contributed by atoms with Crippen LogP contribution in [0, 0.1) is 11.8 Å². The Morgan fingerprint density at radius 2 is 1.15 bits per heavy atom. The first-order valence-corrected chi connectivity index (χ1v) is 11.8. The first-order valence-electron chi connectivity index (χ1n) is 7.28. The lowest BCUT2D eigenvalue weighted by Crippen LogP contribution is -2.27. The van der Waals surface area contributed by atoms with Crippen molar-refractivity contribution in [3.8, 4) is 0 Å². The SMILES string of the molecule is CNCC(COP(=O)(O)O)COP(=O)(O)OCC(CNF)COP(=O)(O)O. The zero-order valence-electron chi connectivity index (χ0n) is 14.2. The molecule has 0 amide bonds. The molecule has 0 spiro atoms. The van der Waals surface area contributed by atoms with Crippen LogP contribution < -0.4 is 10.9 Å². The van der Waals surface area contributed by atoms with E-state index in [0.717, 1.165) is 0 Å². The van der Waals surface area contributed by atoms with Gasteiger partial charge in [-0.25, -0.2) is 13.7 Å². The second-order valence-electron chi connectivity index (χ2n) is 5.26. The van der Waals surface area contributed by atoms with Gasteiger partial charge >= 0.3 is 23.5 Å². The third-order valence-electron chi connectivity index (χ3n) is 2.76. The summed E-state index contributed by atoms with van der Waals surface area (Å²) in [6.45, 7) is -2.61. The predicted octanol–water partition coefficient (Wildman–Crippen LogP) is -0.736. The molecule has 164 valence electrons. The smallest absolute Gasteiger partial charge is 0.319 e. The molecule has 0 saturated carbocycles. The van der Waals surface area contributed by atoms with Crippen LogP contribution in [-0.4, -0.2) is 71.0 Å². The van der Waals surface area contributed by atoms with Gasteiger partial charge in [-0.2, -0.15) is 5.54 Å². The molecular weight excluding hydrogens is 440 g/mol. The number of rotatable bonds is 16. The zero-order chi connectivity index (χ0) is 21.1. The van der Waals surface area contributed by atoms with Crippen molar-refractivity contribution in [2.24, 2.45) is 11.8 Å². The van der Waals surface area contributed by atoms with E-state index in [9.17, 15) is 23.1 Å². The van der Waals surface area contributed by atoms with E-state index in [2.05, 4.69) is 18.9 Å². The summed E-state index contributed by atoms with van der Waals surface area (Å²) in [7, 11) is -12.7. The maximum Gasteiger partial charge on any atom is 0.472 e. The predicted molar refractivity (Wildman–Crippen MR) is 87.7 cm³/mol. The van der Waals surface area contributed by atoms with Gasteiger partial charge in [0, 0.05) is 24.9 Å². The molecule has 0 aliphatic rings. The van der Waals surface area contributed by atoms with Crippen LogP contribution in [0.1, 0.15) is 0 Å². The Morgan fingerprint density at radius 3 is 1.48 bits per heavy atom. The van der Waals surface area contributed by atoms with Gasteiger partial charge in [0.05, 0.1) is 26.4 Å². The van der Waals surface area contributed by atoms with Crippen LogP contribution in [0.25, 0.3) is 0 Å². The third kappa shape index (κ3) is 16.8. The van der Waals surface area contributed by atoms with Crippen LogP contribution in [0.2, 0.25) is 0 Å². The van der Waals surface area contributed by atoms with Crippen LogP contribution in [0.3, 0.4) is 0 Å². The molecule has 0 aliphatic carbocycles. The van der Waals surface area contributed by atoms with Crippen molar-refractivity contribution in [2.75, 3.05) is 46.6 Å². The highest BCUT2D eigenvalue weighted by Gasteiger charge is 2.27. The fourth-order valence-corrected chi connectivity index (χ4v) is 3.25. The molecule has 0 aliphatic heterocycles. The Morgan fingerprint density at radius 1 is 0.778 bits per heavy atom. The summed E-state index contributed by atoms with van der Waals surface area (Å²) in [6, 6.07) is 0. The van der Waals surface area contributed by atoms with Crippen molar-refractivity contribution in [3.63, 3.8) is 0 Å². The molecule has 0 aromatic carbocycles. The molecule has 14 nitrogen and oxygen atoms in total. The van der Waals surface area contributed by atoms with E-state index in [1.54, 1.807) is 0 Å². The Kier molecular flexibility index (Phi) is 12.8. The Balaban J connectivity index is 4.53. The molecule has 0 saturated heterocycles. The van der Waals surface area contributed by atoms with Gasteiger partial charge in [0.2, 0.25) is 0 Å². The topological polar surface area (TPSA) is 213 Å². The van der Waals surface area contributed by atoms with Crippen molar-refractivity contribution >= 4 is 23.5 Å². The van der Waals surface area contributed by atoms with E-state index in [-0.39, 0.29) is 6.54 Å². The first kappa shape index (κ1) is 27.2. The van der Waals surface area contributed by atoms with E-state index in [0.29, 0.717) is 0 Å². The number of phosphoric ester groups is 3. The zero-order valence-corrected chi connectivity index (χ0v) is 16.9. The summed E-state index contributed by atoms with van der Waals surface area (Å²) in [4.78, 5) is 44.1. The van der Waals surface area contributed by atoms with Crippen molar-refractivity contribution in [3.05, 3.63) is 0 Å². The molecule has 0 heterocycles. The van der Waals surface area contributed by atoms with Crippen molar-refractivity contribution in [1.29, 1.82) is 0 Å². The highest BCUT2D eigenvalue weighted by Crippen LogP contribution is 2.45. The van der Waals surface area contributed by atoms with Crippen LogP contribution in [0.5, 0.6) is 0 Å². The van der Waals surface area contributed by atoms with Gasteiger partial charge in [-0.15, -0.1) is 4.48 Å². The third-order valence-corrected chi connectivity index (χ3v) is 4.68. The van der Waals surface area contributed by atoms with Crippen LogP contribution >= 0.6 is 23.5 Å². The van der Waals surface area contributed by atoms with Gasteiger partial charge < -0.3 is 29.8 Å². The van der Waals surface area contributed by atoms with Gasteiger partial charge in [0.25, 0.3) is 0 Å². The van der Waals surface area contributed by atoms with Gasteiger partial charge in [-0.3, -0.25) is 18.1 Å². The van der Waals surface area contributed by atoms with E-state index in [1.165, 1.54) is 12.6 Å². The molecule has 0 bridgehead atoms. The molecule has 0 fully saturated rings. The van der Waals surface area contributed by atoms with Gasteiger partial charge in [0.15, 0.2) is 0 Å². The molecule has 0 radical (unpaired) electrons. The molecule has 3 unspecified atom stereocenters. The largest absolute Gasteiger partial charge is 0.472 e. The number of hydrogen-bond acceptors (Lipinski definition) is 9. The van der Waals surface area contributed by atoms with Crippen LogP contribution in [-0.2, 0) is 31.8 Å². The number of phosphoric acid groups is 3. The minimum Gasteiger partial charge on any atom is -0.319 e. The summed E-state index contributed by atoms with van der Waals surface area (Å²) in [6.07, 6.45) is 0. The fraction of sp³-hybridized carbons (Fsp3) is 1.00. The van der Waals surface area contributed by atoms with Crippen LogP contribution in [0.4, 0.5) is 4.48 Å². The highest BCUT2D eigenvalue weighted by atomic mass is 31.2. The molecule has 0 rings (SSSR count). The summed E-state index contributed by atoms with van der Waals surface area (Å²) >= 11 is 0. The quantitative estimate of drug-likeness (QED) is 0.111. The lowest BCUT2D eigenvalue weighted by Gasteiger charge is -2.21. The second kappa shape index (κ2) is 12.7. The van der Waals surface area contributed by atoms with E-state index in [1.807, 2.05) is 0 Å². The maximum atomic E-state index is 12.2. The van der Waals surface area contributed by atoms with E-state index >= 15 is 0 Å². The Bertz CT molecular complexity index is 512. The molecule has 3 atom stereocenters. The average molecular weight is 464 g/mol.